The number of allylic oxidation sites excluding steroid dienone is 1. The van der Waals surface area contributed by atoms with Crippen LogP contribution in [0.4, 0.5) is 0 Å². The van der Waals surface area contributed by atoms with Crippen LogP contribution in [0.15, 0.2) is 15.6 Å². The van der Waals surface area contributed by atoms with Crippen LogP contribution in [0.1, 0.15) is 0 Å². The van der Waals surface area contributed by atoms with E-state index in [1.807, 2.05) is 6.21 Å². The van der Waals surface area contributed by atoms with E-state index in [4.69, 9.17) is 0 Å². The molecule has 1 aliphatic heterocycles. The van der Waals surface area contributed by atoms with Crippen LogP contribution in [0.25, 0.3) is 0 Å². The molecule has 0 fully saturated rings. The monoisotopic (exact) mass is 237 g/mol. The van der Waals surface area contributed by atoms with Gasteiger partial charge in [0.2, 0.25) is 0 Å². The van der Waals surface area contributed by atoms with E-state index in [0.717, 1.165) is 11.0 Å². The Bertz CT molecular complexity index is 139. The van der Waals surface area contributed by atoms with Gasteiger partial charge in [0.25, 0.3) is 0 Å². The molecule has 8 heavy (non-hydrogen) atoms. The number of alkyl halides is 1. The second-order valence-corrected chi connectivity index (χ2v) is 3.65. The highest BCUT2D eigenvalue weighted by molar-refractivity contribution is 9.12. The fourth-order valence-electron chi connectivity index (χ4n) is 0.509. The Morgan fingerprint density at radius 3 is 2.88 bits per heavy atom. The predicted octanol–water partition coefficient (Wildman–Crippen LogP) is 2.11. The minimum atomic E-state index is 0.418. The molecule has 0 aromatic carbocycles. The van der Waals surface area contributed by atoms with Crippen molar-refractivity contribution in [3.63, 3.8) is 0 Å². The number of halogens is 2. The first-order valence-corrected chi connectivity index (χ1v) is 4.01. The minimum Gasteiger partial charge on any atom is -0.291 e. The number of rotatable bonds is 0. The summed E-state index contributed by atoms with van der Waals surface area (Å²) < 4.78 is 1.06. The molecule has 0 aromatic rings. The molecule has 1 rings (SSSR count). The van der Waals surface area contributed by atoms with E-state index >= 15 is 0 Å². The minimum absolute atomic E-state index is 0.418. The lowest BCUT2D eigenvalue weighted by molar-refractivity contribution is 1.03. The third-order valence-corrected chi connectivity index (χ3v) is 1.86. The first-order chi connectivity index (χ1) is 3.79. The van der Waals surface area contributed by atoms with Crippen molar-refractivity contribution in [2.75, 3.05) is 6.54 Å². The number of nitrogens with zero attached hydrogens (tertiary/aromatic N) is 1. The first kappa shape index (κ1) is 6.49. The lowest BCUT2D eigenvalue weighted by atomic mass is 10.3. The topological polar surface area (TPSA) is 12.4 Å². The average molecular weight is 239 g/mol. The maximum absolute atomic E-state index is 4.05. The second-order valence-electron chi connectivity index (χ2n) is 1.56. The zero-order valence-corrected chi connectivity index (χ0v) is 7.31. The molecule has 1 aliphatic rings. The van der Waals surface area contributed by atoms with E-state index < -0.39 is 0 Å². The van der Waals surface area contributed by atoms with Crippen molar-refractivity contribution >= 4 is 38.1 Å². The molecule has 0 N–H and O–H groups in total. The Labute approximate surface area is 65.1 Å². The average Bonchev–Trinajstić information content (AvgIpc) is 1.64. The molecule has 1 heterocycles. The summed E-state index contributed by atoms with van der Waals surface area (Å²) in [4.78, 5) is 4.47. The smallest absolute Gasteiger partial charge is 0.0550 e. The fourth-order valence-corrected chi connectivity index (χ4v) is 1.78. The number of hydrogen-bond donors (Lipinski definition) is 0. The Kier molecular flexibility index (Phi) is 2.26. The van der Waals surface area contributed by atoms with Gasteiger partial charge in [0.15, 0.2) is 0 Å². The van der Waals surface area contributed by atoms with Gasteiger partial charge in [0.05, 0.1) is 11.4 Å². The highest BCUT2D eigenvalue weighted by Gasteiger charge is 2.02. The van der Waals surface area contributed by atoms with Crippen LogP contribution in [0, 0.1) is 0 Å². The molecule has 44 valence electrons. The molecule has 0 aliphatic carbocycles. The third-order valence-electron chi connectivity index (χ3n) is 0.835. The van der Waals surface area contributed by atoms with E-state index in [1.54, 1.807) is 0 Å². The van der Waals surface area contributed by atoms with Crippen molar-refractivity contribution in [1.82, 2.24) is 0 Å². The van der Waals surface area contributed by atoms with Gasteiger partial charge in [0, 0.05) is 10.7 Å². The number of hydrogen-bond acceptors (Lipinski definition) is 1. The highest BCUT2D eigenvalue weighted by Crippen LogP contribution is 2.13. The van der Waals surface area contributed by atoms with E-state index in [9.17, 15) is 0 Å². The van der Waals surface area contributed by atoms with Gasteiger partial charge in [-0.3, -0.25) is 4.99 Å². The molecule has 1 nitrogen and oxygen atoms in total. The molecule has 1 atom stereocenters. The van der Waals surface area contributed by atoms with Crippen molar-refractivity contribution in [3.05, 3.63) is 10.6 Å². The normalized spacial score (nSPS) is 27.8. The molecular formula is C5H5Br2N. The van der Waals surface area contributed by atoms with Gasteiger partial charge in [-0.25, -0.2) is 0 Å². The summed E-state index contributed by atoms with van der Waals surface area (Å²) in [5, 5.41) is 0. The third kappa shape index (κ3) is 1.71. The van der Waals surface area contributed by atoms with E-state index in [0.29, 0.717) is 4.83 Å². The summed E-state index contributed by atoms with van der Waals surface area (Å²) in [6.45, 7) is 0.856. The zero-order valence-electron chi connectivity index (χ0n) is 4.14. The summed E-state index contributed by atoms with van der Waals surface area (Å²) in [7, 11) is 0. The predicted molar refractivity (Wildman–Crippen MR) is 43.1 cm³/mol. The Hall–Kier alpha value is 0.370. The quantitative estimate of drug-likeness (QED) is 0.574. The molecule has 0 unspecified atom stereocenters. The van der Waals surface area contributed by atoms with Crippen molar-refractivity contribution in [1.29, 1.82) is 0 Å². The van der Waals surface area contributed by atoms with E-state index in [-0.39, 0.29) is 0 Å². The van der Waals surface area contributed by atoms with Gasteiger partial charge >= 0.3 is 0 Å². The molecule has 0 radical (unpaired) electrons. The Morgan fingerprint density at radius 1 is 1.75 bits per heavy atom. The van der Waals surface area contributed by atoms with Crippen LogP contribution in [-0.4, -0.2) is 17.6 Å². The molecule has 0 amide bonds. The van der Waals surface area contributed by atoms with Gasteiger partial charge in [-0.2, -0.15) is 0 Å². The van der Waals surface area contributed by atoms with Gasteiger partial charge < -0.3 is 0 Å². The van der Waals surface area contributed by atoms with Crippen molar-refractivity contribution in [2.45, 2.75) is 4.83 Å². The summed E-state index contributed by atoms with van der Waals surface area (Å²) in [6.07, 6.45) is 3.89. The SMILES string of the molecule is BrC1=C[C@@H](Br)CN=C1. The van der Waals surface area contributed by atoms with Gasteiger partial charge in [-0.1, -0.05) is 22.0 Å². The first-order valence-electron chi connectivity index (χ1n) is 2.30. The van der Waals surface area contributed by atoms with Crippen LogP contribution in [0.3, 0.4) is 0 Å². The Balaban J connectivity index is 2.63. The molecule has 0 saturated heterocycles. The fraction of sp³-hybridized carbons (Fsp3) is 0.400. The van der Waals surface area contributed by atoms with Crippen LogP contribution >= 0.6 is 31.9 Å². The van der Waals surface area contributed by atoms with Gasteiger partial charge in [-0.05, 0) is 15.9 Å². The molecular weight excluding hydrogens is 234 g/mol. The molecule has 0 spiro atoms. The number of dihydropyridines is 1. The van der Waals surface area contributed by atoms with Crippen molar-refractivity contribution < 1.29 is 0 Å². The highest BCUT2D eigenvalue weighted by atomic mass is 79.9. The number of aliphatic imine (C=N–C) groups is 1. The van der Waals surface area contributed by atoms with Gasteiger partial charge in [0.1, 0.15) is 0 Å². The van der Waals surface area contributed by atoms with Crippen LogP contribution < -0.4 is 0 Å². The van der Waals surface area contributed by atoms with E-state index in [2.05, 4.69) is 42.9 Å². The van der Waals surface area contributed by atoms with Crippen molar-refractivity contribution in [2.24, 2.45) is 4.99 Å². The lowest BCUT2D eigenvalue weighted by Crippen LogP contribution is -2.03. The molecule has 0 bridgehead atoms. The molecule has 3 heteroatoms. The van der Waals surface area contributed by atoms with Gasteiger partial charge in [-0.15, -0.1) is 0 Å². The molecule has 0 aromatic heterocycles. The maximum Gasteiger partial charge on any atom is 0.0550 e. The summed E-state index contributed by atoms with van der Waals surface area (Å²) >= 11 is 6.72. The Morgan fingerprint density at radius 2 is 2.50 bits per heavy atom. The van der Waals surface area contributed by atoms with Crippen LogP contribution in [0.5, 0.6) is 0 Å². The summed E-state index contributed by atoms with van der Waals surface area (Å²) in [5.74, 6) is 0. The summed E-state index contributed by atoms with van der Waals surface area (Å²) in [6, 6.07) is 0. The molecule has 0 saturated carbocycles. The maximum atomic E-state index is 4.05. The summed E-state index contributed by atoms with van der Waals surface area (Å²) in [5.41, 5.74) is 0. The zero-order chi connectivity index (χ0) is 5.98. The van der Waals surface area contributed by atoms with Crippen molar-refractivity contribution in [3.8, 4) is 0 Å². The lowest BCUT2D eigenvalue weighted by Gasteiger charge is -2.03. The second kappa shape index (κ2) is 2.78. The van der Waals surface area contributed by atoms with Crippen LogP contribution in [0.2, 0.25) is 0 Å². The largest absolute Gasteiger partial charge is 0.291 e. The standard InChI is InChI=1S/C5H5Br2N/c6-4-1-5(7)3-8-2-4/h1-2,5H,3H2/t5-/m1/s1. The van der Waals surface area contributed by atoms with E-state index in [1.165, 1.54) is 0 Å². The van der Waals surface area contributed by atoms with Crippen LogP contribution in [-0.2, 0) is 0 Å².